The summed E-state index contributed by atoms with van der Waals surface area (Å²) in [5.41, 5.74) is 1.04. The normalized spacial score (nSPS) is 13.0. The Kier molecular flexibility index (Phi) is 6.67. The van der Waals surface area contributed by atoms with Crippen LogP contribution in [0.4, 0.5) is 0 Å². The third-order valence-electron chi connectivity index (χ3n) is 3.74. The molecule has 2 atom stereocenters. The van der Waals surface area contributed by atoms with Crippen molar-refractivity contribution in [2.24, 2.45) is 0 Å². The van der Waals surface area contributed by atoms with Crippen molar-refractivity contribution < 1.29 is 14.3 Å². The molecular formula is C19H22BrNO3. The minimum atomic E-state index is -0.571. The second kappa shape index (κ2) is 8.73. The van der Waals surface area contributed by atoms with Crippen LogP contribution in [0.1, 0.15) is 31.9 Å². The number of rotatable bonds is 7. The number of carbonyl (C=O) groups is 1. The van der Waals surface area contributed by atoms with Gasteiger partial charge in [0.1, 0.15) is 11.5 Å². The lowest BCUT2D eigenvalue weighted by atomic mass is 10.0. The molecule has 5 heteroatoms. The lowest BCUT2D eigenvalue weighted by Crippen LogP contribution is -2.38. The second-order valence-corrected chi connectivity index (χ2v) is 6.37. The Morgan fingerprint density at radius 3 is 2.21 bits per heavy atom. The van der Waals surface area contributed by atoms with Crippen LogP contribution >= 0.6 is 15.9 Å². The summed E-state index contributed by atoms with van der Waals surface area (Å²) in [7, 11) is 1.63. The first-order valence-corrected chi connectivity index (χ1v) is 8.69. The molecule has 2 aromatic rings. The summed E-state index contributed by atoms with van der Waals surface area (Å²) in [6.45, 7) is 3.79. The highest BCUT2D eigenvalue weighted by molar-refractivity contribution is 9.10. The zero-order chi connectivity index (χ0) is 17.5. The lowest BCUT2D eigenvalue weighted by molar-refractivity contribution is -0.128. The summed E-state index contributed by atoms with van der Waals surface area (Å²) in [5, 5.41) is 3.04. The van der Waals surface area contributed by atoms with Gasteiger partial charge in [-0.2, -0.15) is 0 Å². The van der Waals surface area contributed by atoms with Crippen LogP contribution in [0.3, 0.4) is 0 Å². The molecule has 0 bridgehead atoms. The summed E-state index contributed by atoms with van der Waals surface area (Å²) < 4.78 is 11.8. The Balaban J connectivity index is 1.98. The number of carbonyl (C=O) groups excluding carboxylic acids is 1. The number of ether oxygens (including phenoxy) is 2. The van der Waals surface area contributed by atoms with Gasteiger partial charge in [0.15, 0.2) is 6.10 Å². The number of amides is 1. The third kappa shape index (κ3) is 4.99. The van der Waals surface area contributed by atoms with E-state index in [1.54, 1.807) is 14.0 Å². The highest BCUT2D eigenvalue weighted by Gasteiger charge is 2.19. The fraction of sp³-hybridized carbons (Fsp3) is 0.316. The number of halogens is 1. The van der Waals surface area contributed by atoms with E-state index in [4.69, 9.17) is 9.47 Å². The molecule has 0 aliphatic rings. The first-order valence-electron chi connectivity index (χ1n) is 7.90. The Morgan fingerprint density at radius 2 is 1.67 bits per heavy atom. The molecule has 0 aliphatic carbocycles. The minimum absolute atomic E-state index is 0.0561. The second-order valence-electron chi connectivity index (χ2n) is 5.46. The number of benzene rings is 2. The SMILES string of the molecule is CC[C@@H](NC(=O)[C@@H](C)Oc1ccc(Br)cc1)c1ccc(OC)cc1. The van der Waals surface area contributed by atoms with E-state index in [0.29, 0.717) is 5.75 Å². The molecule has 0 radical (unpaired) electrons. The Hall–Kier alpha value is -2.01. The van der Waals surface area contributed by atoms with Gasteiger partial charge in [-0.15, -0.1) is 0 Å². The van der Waals surface area contributed by atoms with Crippen molar-refractivity contribution in [3.8, 4) is 11.5 Å². The summed E-state index contributed by atoms with van der Waals surface area (Å²) in [6, 6.07) is 15.1. The zero-order valence-corrected chi connectivity index (χ0v) is 15.7. The van der Waals surface area contributed by atoms with E-state index < -0.39 is 6.10 Å². The molecule has 2 rings (SSSR count). The van der Waals surface area contributed by atoms with E-state index in [0.717, 1.165) is 22.2 Å². The summed E-state index contributed by atoms with van der Waals surface area (Å²) in [6.07, 6.45) is 0.224. The van der Waals surface area contributed by atoms with Gasteiger partial charge >= 0.3 is 0 Å². The molecule has 1 amide bonds. The predicted octanol–water partition coefficient (Wildman–Crippen LogP) is 4.49. The van der Waals surface area contributed by atoms with Gasteiger partial charge in [0.25, 0.3) is 5.91 Å². The molecule has 0 aliphatic heterocycles. The maximum absolute atomic E-state index is 12.4. The van der Waals surface area contributed by atoms with E-state index in [1.807, 2.05) is 55.5 Å². The summed E-state index contributed by atoms with van der Waals surface area (Å²) in [5.74, 6) is 1.32. The van der Waals surface area contributed by atoms with Gasteiger partial charge in [-0.3, -0.25) is 4.79 Å². The van der Waals surface area contributed by atoms with Crippen LogP contribution in [0.2, 0.25) is 0 Å². The van der Waals surface area contributed by atoms with Crippen molar-refractivity contribution in [2.75, 3.05) is 7.11 Å². The van der Waals surface area contributed by atoms with Crippen LogP contribution < -0.4 is 14.8 Å². The number of methoxy groups -OCH3 is 1. The van der Waals surface area contributed by atoms with Gasteiger partial charge in [0.05, 0.1) is 13.2 Å². The van der Waals surface area contributed by atoms with E-state index >= 15 is 0 Å². The van der Waals surface area contributed by atoms with Crippen molar-refractivity contribution >= 4 is 21.8 Å². The fourth-order valence-corrected chi connectivity index (χ4v) is 2.58. The van der Waals surface area contributed by atoms with Crippen molar-refractivity contribution in [3.05, 3.63) is 58.6 Å². The van der Waals surface area contributed by atoms with Gasteiger partial charge in [-0.25, -0.2) is 0 Å². The molecule has 2 aromatic carbocycles. The topological polar surface area (TPSA) is 47.6 Å². The van der Waals surface area contributed by atoms with Gasteiger partial charge in [-0.1, -0.05) is 35.0 Å². The van der Waals surface area contributed by atoms with Crippen LogP contribution in [-0.2, 0) is 4.79 Å². The number of nitrogens with one attached hydrogen (secondary N) is 1. The van der Waals surface area contributed by atoms with Crippen LogP contribution in [-0.4, -0.2) is 19.1 Å². The molecule has 0 fully saturated rings. The molecular weight excluding hydrogens is 370 g/mol. The van der Waals surface area contributed by atoms with Gasteiger partial charge in [0, 0.05) is 4.47 Å². The predicted molar refractivity (Wildman–Crippen MR) is 98.4 cm³/mol. The van der Waals surface area contributed by atoms with E-state index in [2.05, 4.69) is 21.2 Å². The van der Waals surface area contributed by atoms with Crippen LogP contribution in [0.5, 0.6) is 11.5 Å². The summed E-state index contributed by atoms with van der Waals surface area (Å²) in [4.78, 5) is 12.4. The van der Waals surface area contributed by atoms with E-state index in [-0.39, 0.29) is 11.9 Å². The Labute approximate surface area is 151 Å². The molecule has 0 heterocycles. The van der Waals surface area contributed by atoms with Crippen molar-refractivity contribution in [3.63, 3.8) is 0 Å². The van der Waals surface area contributed by atoms with Gasteiger partial charge < -0.3 is 14.8 Å². The quantitative estimate of drug-likeness (QED) is 0.755. The number of hydrogen-bond donors (Lipinski definition) is 1. The molecule has 0 unspecified atom stereocenters. The summed E-state index contributed by atoms with van der Waals surface area (Å²) >= 11 is 3.37. The molecule has 4 nitrogen and oxygen atoms in total. The first-order chi connectivity index (χ1) is 11.5. The van der Waals surface area contributed by atoms with Crippen molar-refractivity contribution in [1.29, 1.82) is 0 Å². The third-order valence-corrected chi connectivity index (χ3v) is 4.27. The van der Waals surface area contributed by atoms with Crippen molar-refractivity contribution in [1.82, 2.24) is 5.32 Å². The smallest absolute Gasteiger partial charge is 0.261 e. The van der Waals surface area contributed by atoms with Crippen LogP contribution in [0, 0.1) is 0 Å². The molecule has 0 spiro atoms. The molecule has 0 aromatic heterocycles. The van der Waals surface area contributed by atoms with Crippen LogP contribution in [0.25, 0.3) is 0 Å². The van der Waals surface area contributed by atoms with Crippen LogP contribution in [0.15, 0.2) is 53.0 Å². The van der Waals surface area contributed by atoms with E-state index in [1.165, 1.54) is 0 Å². The highest BCUT2D eigenvalue weighted by Crippen LogP contribution is 2.21. The highest BCUT2D eigenvalue weighted by atomic mass is 79.9. The average molecular weight is 392 g/mol. The van der Waals surface area contributed by atoms with Crippen molar-refractivity contribution in [2.45, 2.75) is 32.4 Å². The maximum Gasteiger partial charge on any atom is 0.261 e. The molecule has 1 N–H and O–H groups in total. The molecule has 24 heavy (non-hydrogen) atoms. The van der Waals surface area contributed by atoms with E-state index in [9.17, 15) is 4.79 Å². The molecule has 128 valence electrons. The van der Waals surface area contributed by atoms with Gasteiger partial charge in [-0.05, 0) is 55.3 Å². The number of hydrogen-bond acceptors (Lipinski definition) is 3. The molecule has 0 saturated carbocycles. The lowest BCUT2D eigenvalue weighted by Gasteiger charge is -2.21. The average Bonchev–Trinajstić information content (AvgIpc) is 2.61. The first kappa shape index (κ1) is 18.3. The maximum atomic E-state index is 12.4. The fourth-order valence-electron chi connectivity index (χ4n) is 2.32. The zero-order valence-electron chi connectivity index (χ0n) is 14.1. The minimum Gasteiger partial charge on any atom is -0.497 e. The largest absolute Gasteiger partial charge is 0.497 e. The Bertz CT molecular complexity index is 655. The Morgan fingerprint density at radius 1 is 1.08 bits per heavy atom. The standard InChI is InChI=1S/C19H22BrNO3/c1-4-18(14-5-9-16(23-3)10-6-14)21-19(22)13(2)24-17-11-7-15(20)8-12-17/h5-13,18H,4H2,1-3H3,(H,21,22)/t13-,18-/m1/s1. The van der Waals surface area contributed by atoms with Gasteiger partial charge in [0.2, 0.25) is 0 Å². The molecule has 0 saturated heterocycles. The monoisotopic (exact) mass is 391 g/mol.